The van der Waals surface area contributed by atoms with Crippen LogP contribution in [0, 0.1) is 0 Å². The number of nitrogens with two attached hydrogens (primary N) is 1. The molecule has 0 saturated heterocycles. The van der Waals surface area contributed by atoms with Crippen molar-refractivity contribution in [1.82, 2.24) is 4.98 Å². The predicted octanol–water partition coefficient (Wildman–Crippen LogP) is 2.45. The van der Waals surface area contributed by atoms with Gasteiger partial charge in [0.05, 0.1) is 0 Å². The van der Waals surface area contributed by atoms with E-state index < -0.39 is 23.9 Å². The summed E-state index contributed by atoms with van der Waals surface area (Å²) < 4.78 is 5.21. The largest absolute Gasteiger partial charge is 0.448 e. The van der Waals surface area contributed by atoms with Gasteiger partial charge in [-0.05, 0) is 43.3 Å². The van der Waals surface area contributed by atoms with Gasteiger partial charge in [-0.2, -0.15) is 0 Å². The number of H-pyrrole nitrogens is 1. The summed E-state index contributed by atoms with van der Waals surface area (Å²) >= 11 is 0. The Bertz CT molecular complexity index is 943. The zero-order valence-corrected chi connectivity index (χ0v) is 14.0. The third-order valence-corrected chi connectivity index (χ3v) is 3.84. The number of rotatable bonds is 5. The van der Waals surface area contributed by atoms with E-state index in [4.69, 9.17) is 10.5 Å². The highest BCUT2D eigenvalue weighted by Gasteiger charge is 2.20. The molecule has 2 aromatic carbocycles. The van der Waals surface area contributed by atoms with Crippen molar-refractivity contribution in [2.24, 2.45) is 5.73 Å². The molecule has 3 aromatic rings. The Morgan fingerprint density at radius 1 is 1.08 bits per heavy atom. The maximum absolute atomic E-state index is 12.2. The quantitative estimate of drug-likeness (QED) is 0.613. The number of aromatic nitrogens is 1. The molecule has 7 nitrogen and oxygen atoms in total. The lowest BCUT2D eigenvalue weighted by molar-refractivity contribution is -0.123. The third-order valence-electron chi connectivity index (χ3n) is 3.84. The van der Waals surface area contributed by atoms with Gasteiger partial charge in [0.1, 0.15) is 5.69 Å². The molecular weight excluding hydrogens is 334 g/mol. The molecule has 1 atom stereocenters. The maximum Gasteiger partial charge on any atom is 0.355 e. The molecule has 0 radical (unpaired) electrons. The Morgan fingerprint density at radius 3 is 2.42 bits per heavy atom. The van der Waals surface area contributed by atoms with Gasteiger partial charge in [0.25, 0.3) is 5.91 Å². The van der Waals surface area contributed by atoms with Gasteiger partial charge in [-0.15, -0.1) is 0 Å². The van der Waals surface area contributed by atoms with E-state index in [9.17, 15) is 14.4 Å². The van der Waals surface area contributed by atoms with E-state index in [1.807, 2.05) is 24.3 Å². The van der Waals surface area contributed by atoms with Crippen LogP contribution in [0.5, 0.6) is 0 Å². The van der Waals surface area contributed by atoms with Crippen LogP contribution in [-0.2, 0) is 9.53 Å². The van der Waals surface area contributed by atoms with Gasteiger partial charge in [0, 0.05) is 22.2 Å². The second-order valence-electron chi connectivity index (χ2n) is 5.75. The molecular formula is C19H17N3O4. The fraction of sp³-hybridized carbons (Fsp3) is 0.105. The number of amides is 2. The van der Waals surface area contributed by atoms with E-state index in [2.05, 4.69) is 10.3 Å². The minimum atomic E-state index is -0.996. The normalized spacial score (nSPS) is 11.7. The van der Waals surface area contributed by atoms with Crippen molar-refractivity contribution >= 4 is 34.4 Å². The van der Waals surface area contributed by atoms with Crippen molar-refractivity contribution in [3.63, 3.8) is 0 Å². The van der Waals surface area contributed by atoms with Crippen LogP contribution in [0.2, 0.25) is 0 Å². The number of anilines is 1. The summed E-state index contributed by atoms with van der Waals surface area (Å²) in [5, 5.41) is 3.49. The van der Waals surface area contributed by atoms with Crippen LogP contribution < -0.4 is 11.1 Å². The van der Waals surface area contributed by atoms with Crippen LogP contribution in [0.1, 0.15) is 27.8 Å². The van der Waals surface area contributed by atoms with Gasteiger partial charge >= 0.3 is 5.97 Å². The molecule has 1 aromatic heterocycles. The Labute approximate surface area is 149 Å². The molecule has 0 aliphatic rings. The van der Waals surface area contributed by atoms with Gasteiger partial charge in [-0.25, -0.2) is 4.79 Å². The minimum Gasteiger partial charge on any atom is -0.448 e. The smallest absolute Gasteiger partial charge is 0.355 e. The number of esters is 1. The van der Waals surface area contributed by atoms with E-state index in [0.717, 1.165) is 10.9 Å². The Balaban J connectivity index is 1.62. The van der Waals surface area contributed by atoms with Crippen LogP contribution >= 0.6 is 0 Å². The van der Waals surface area contributed by atoms with Crippen LogP contribution in [0.25, 0.3) is 10.9 Å². The highest BCUT2D eigenvalue weighted by Crippen LogP contribution is 2.16. The lowest BCUT2D eigenvalue weighted by Crippen LogP contribution is -2.30. The average Bonchev–Trinajstić information content (AvgIpc) is 3.06. The Morgan fingerprint density at radius 2 is 1.77 bits per heavy atom. The number of para-hydroxylation sites is 1. The number of hydrogen-bond acceptors (Lipinski definition) is 4. The molecule has 4 N–H and O–H groups in total. The van der Waals surface area contributed by atoms with Gasteiger partial charge in [-0.1, -0.05) is 18.2 Å². The molecule has 0 bridgehead atoms. The average molecular weight is 351 g/mol. The van der Waals surface area contributed by atoms with E-state index in [1.54, 1.807) is 18.2 Å². The number of ether oxygens (including phenoxy) is 1. The van der Waals surface area contributed by atoms with Crippen molar-refractivity contribution < 1.29 is 19.1 Å². The number of hydrogen-bond donors (Lipinski definition) is 3. The number of carbonyl (C=O) groups excluding carboxylic acids is 3. The SMILES string of the molecule is C[C@H](OC(=O)c1cc2ccccc2[nH]1)C(=O)Nc1ccc(C(N)=O)cc1. The van der Waals surface area contributed by atoms with Crippen molar-refractivity contribution in [3.05, 3.63) is 65.9 Å². The lowest BCUT2D eigenvalue weighted by atomic mass is 10.2. The van der Waals surface area contributed by atoms with Crippen molar-refractivity contribution in [2.75, 3.05) is 5.32 Å². The number of nitrogens with one attached hydrogen (secondary N) is 2. The van der Waals surface area contributed by atoms with E-state index >= 15 is 0 Å². The fourth-order valence-corrected chi connectivity index (χ4v) is 2.42. The Kier molecular flexibility index (Phi) is 4.70. The summed E-state index contributed by atoms with van der Waals surface area (Å²) in [6.07, 6.45) is -0.996. The molecule has 0 fully saturated rings. The molecule has 26 heavy (non-hydrogen) atoms. The molecule has 1 heterocycles. The van der Waals surface area contributed by atoms with E-state index in [0.29, 0.717) is 11.3 Å². The van der Waals surface area contributed by atoms with Crippen LogP contribution in [0.15, 0.2) is 54.6 Å². The van der Waals surface area contributed by atoms with Crippen molar-refractivity contribution in [3.8, 4) is 0 Å². The summed E-state index contributed by atoms with van der Waals surface area (Å²) in [4.78, 5) is 38.4. The first-order valence-electron chi connectivity index (χ1n) is 7.93. The van der Waals surface area contributed by atoms with Gasteiger partial charge in [0.15, 0.2) is 6.10 Å². The van der Waals surface area contributed by atoms with Crippen LogP contribution in [0.4, 0.5) is 5.69 Å². The first-order chi connectivity index (χ1) is 12.4. The fourth-order valence-electron chi connectivity index (χ4n) is 2.42. The summed E-state index contributed by atoms with van der Waals surface area (Å²) in [6.45, 7) is 1.48. The maximum atomic E-state index is 12.2. The first kappa shape index (κ1) is 17.2. The first-order valence-corrected chi connectivity index (χ1v) is 7.93. The monoisotopic (exact) mass is 351 g/mol. The number of carbonyl (C=O) groups is 3. The molecule has 0 saturated carbocycles. The molecule has 3 rings (SSSR count). The molecule has 2 amide bonds. The molecule has 0 aliphatic carbocycles. The van der Waals surface area contributed by atoms with Crippen molar-refractivity contribution in [1.29, 1.82) is 0 Å². The second kappa shape index (κ2) is 7.10. The summed E-state index contributed by atoms with van der Waals surface area (Å²) in [7, 11) is 0. The predicted molar refractivity (Wildman–Crippen MR) is 96.8 cm³/mol. The van der Waals surface area contributed by atoms with Gasteiger partial charge in [-0.3, -0.25) is 9.59 Å². The Hall–Kier alpha value is -3.61. The zero-order valence-electron chi connectivity index (χ0n) is 14.0. The van der Waals surface area contributed by atoms with Crippen LogP contribution in [-0.4, -0.2) is 28.9 Å². The zero-order chi connectivity index (χ0) is 18.7. The molecule has 0 unspecified atom stereocenters. The number of fused-ring (bicyclic) bond motifs is 1. The number of benzene rings is 2. The molecule has 0 aliphatic heterocycles. The third kappa shape index (κ3) is 3.72. The molecule has 132 valence electrons. The number of primary amides is 1. The van der Waals surface area contributed by atoms with E-state index in [-0.39, 0.29) is 5.69 Å². The van der Waals surface area contributed by atoms with Gasteiger partial charge < -0.3 is 20.8 Å². The lowest BCUT2D eigenvalue weighted by Gasteiger charge is -2.13. The number of aromatic amines is 1. The van der Waals surface area contributed by atoms with Crippen molar-refractivity contribution in [2.45, 2.75) is 13.0 Å². The minimum absolute atomic E-state index is 0.275. The summed E-state index contributed by atoms with van der Waals surface area (Å²) in [6, 6.07) is 15.2. The topological polar surface area (TPSA) is 114 Å². The summed E-state index contributed by atoms with van der Waals surface area (Å²) in [5.41, 5.74) is 7.05. The summed E-state index contributed by atoms with van der Waals surface area (Å²) in [5.74, 6) is -1.65. The molecule has 0 spiro atoms. The highest BCUT2D eigenvalue weighted by atomic mass is 16.5. The van der Waals surface area contributed by atoms with E-state index in [1.165, 1.54) is 19.1 Å². The highest BCUT2D eigenvalue weighted by molar-refractivity contribution is 5.99. The second-order valence-corrected chi connectivity index (χ2v) is 5.75. The van der Waals surface area contributed by atoms with Gasteiger partial charge in [0.2, 0.25) is 5.91 Å². The van der Waals surface area contributed by atoms with Crippen LogP contribution in [0.3, 0.4) is 0 Å². The standard InChI is InChI=1S/C19H17N3O4/c1-11(18(24)21-14-8-6-12(7-9-14)17(20)23)26-19(25)16-10-13-4-2-3-5-15(13)22-16/h2-11,22H,1H3,(H2,20,23)(H,21,24)/t11-/m0/s1. The molecule has 7 heteroatoms.